The zero-order valence-corrected chi connectivity index (χ0v) is 8.21. The van der Waals surface area contributed by atoms with Crippen molar-refractivity contribution in [3.8, 4) is 0 Å². The van der Waals surface area contributed by atoms with E-state index in [0.29, 0.717) is 12.5 Å². The number of morpholine rings is 1. The summed E-state index contributed by atoms with van der Waals surface area (Å²) in [4.78, 5) is 4.09. The lowest BCUT2D eigenvalue weighted by Crippen LogP contribution is -2.35. The average molecular weight is 180 g/mol. The van der Waals surface area contributed by atoms with Gasteiger partial charge in [0, 0.05) is 6.20 Å². The summed E-state index contributed by atoms with van der Waals surface area (Å²) in [5.41, 5.74) is 0. The van der Waals surface area contributed by atoms with Crippen molar-refractivity contribution >= 4 is 5.84 Å². The van der Waals surface area contributed by atoms with Gasteiger partial charge in [-0.25, -0.2) is 4.99 Å². The van der Waals surface area contributed by atoms with Gasteiger partial charge in [-0.1, -0.05) is 20.4 Å². The number of nitrogens with zero attached hydrogens (tertiary/aromatic N) is 1. The Morgan fingerprint density at radius 1 is 1.62 bits per heavy atom. The Labute approximate surface area is 79.2 Å². The molecule has 1 aliphatic rings. The zero-order chi connectivity index (χ0) is 9.68. The van der Waals surface area contributed by atoms with Gasteiger partial charge in [-0.3, -0.25) is 0 Å². The molecule has 3 heteroatoms. The molecular weight excluding hydrogens is 164 g/mol. The van der Waals surface area contributed by atoms with Crippen LogP contribution in [-0.4, -0.2) is 19.0 Å². The molecule has 1 saturated heterocycles. The summed E-state index contributed by atoms with van der Waals surface area (Å²) in [6.07, 6.45) is 3.57. The maximum absolute atomic E-state index is 5.47. The Kier molecular flexibility index (Phi) is 3.55. The number of allylic oxidation sites excluding steroid dienone is 1. The normalized spacial score (nSPS) is 23.0. The lowest BCUT2D eigenvalue weighted by atomic mass is 10.2. The van der Waals surface area contributed by atoms with Crippen LogP contribution in [0.5, 0.6) is 0 Å². The summed E-state index contributed by atoms with van der Waals surface area (Å²) in [5.74, 6) is 2.08. The van der Waals surface area contributed by atoms with E-state index in [1.165, 1.54) is 6.20 Å². The van der Waals surface area contributed by atoms with Crippen molar-refractivity contribution in [3.05, 3.63) is 24.6 Å². The van der Waals surface area contributed by atoms with Gasteiger partial charge in [0.2, 0.25) is 0 Å². The van der Waals surface area contributed by atoms with E-state index < -0.39 is 0 Å². The van der Waals surface area contributed by atoms with Crippen LogP contribution in [0.2, 0.25) is 0 Å². The molecule has 0 bridgehead atoms. The highest BCUT2D eigenvalue weighted by Crippen LogP contribution is 2.08. The van der Waals surface area contributed by atoms with Gasteiger partial charge in [0.25, 0.3) is 0 Å². The molecule has 1 N–H and O–H groups in total. The van der Waals surface area contributed by atoms with Crippen LogP contribution in [0.1, 0.15) is 13.8 Å². The molecule has 0 spiro atoms. The Bertz CT molecular complexity index is 241. The van der Waals surface area contributed by atoms with Crippen LogP contribution in [0.15, 0.2) is 29.6 Å². The van der Waals surface area contributed by atoms with Crippen molar-refractivity contribution in [1.29, 1.82) is 0 Å². The molecule has 1 aliphatic heterocycles. The van der Waals surface area contributed by atoms with Crippen molar-refractivity contribution in [3.63, 3.8) is 0 Å². The summed E-state index contributed by atoms with van der Waals surface area (Å²) >= 11 is 0. The predicted molar refractivity (Wildman–Crippen MR) is 54.5 cm³/mol. The second-order valence-electron chi connectivity index (χ2n) is 3.21. The van der Waals surface area contributed by atoms with E-state index in [1.54, 1.807) is 0 Å². The number of rotatable bonds is 2. The molecule has 1 rings (SSSR count). The first kappa shape index (κ1) is 9.84. The van der Waals surface area contributed by atoms with Crippen LogP contribution in [0.3, 0.4) is 0 Å². The van der Waals surface area contributed by atoms with E-state index in [0.717, 1.165) is 18.1 Å². The Morgan fingerprint density at radius 3 is 3.00 bits per heavy atom. The molecule has 1 fully saturated rings. The highest BCUT2D eigenvalue weighted by molar-refractivity contribution is 5.97. The monoisotopic (exact) mass is 180 g/mol. The summed E-state index contributed by atoms with van der Waals surface area (Å²) in [6, 6.07) is 0. The molecule has 0 unspecified atom stereocenters. The van der Waals surface area contributed by atoms with Gasteiger partial charge in [0.1, 0.15) is 6.61 Å². The number of amidine groups is 1. The Hall–Kier alpha value is -1.25. The number of hydrogen-bond acceptors (Lipinski definition) is 2. The molecule has 0 amide bonds. The standard InChI is InChI=1S/C10H16N2O/c1-4-11-10-9(7-8(2)3)13-6-5-12-10/h4,7-8H,1,5-6H2,2-3H3,(H,11,12)/b9-7+. The predicted octanol–water partition coefficient (Wildman–Crippen LogP) is 1.69. The molecule has 0 aliphatic carbocycles. The Morgan fingerprint density at radius 2 is 2.38 bits per heavy atom. The number of hydrogen-bond donors (Lipinski definition) is 1. The molecule has 0 atom stereocenters. The van der Waals surface area contributed by atoms with Gasteiger partial charge < -0.3 is 10.1 Å². The summed E-state index contributed by atoms with van der Waals surface area (Å²) in [7, 11) is 0. The van der Waals surface area contributed by atoms with Crippen molar-refractivity contribution in [2.45, 2.75) is 13.8 Å². The van der Waals surface area contributed by atoms with Crippen LogP contribution in [0.4, 0.5) is 0 Å². The highest BCUT2D eigenvalue weighted by atomic mass is 16.5. The van der Waals surface area contributed by atoms with Crippen molar-refractivity contribution in [2.24, 2.45) is 10.9 Å². The molecule has 0 aromatic carbocycles. The van der Waals surface area contributed by atoms with Gasteiger partial charge in [-0.15, -0.1) is 0 Å². The minimum atomic E-state index is 0.463. The molecule has 13 heavy (non-hydrogen) atoms. The molecule has 0 aromatic rings. The van der Waals surface area contributed by atoms with E-state index in [-0.39, 0.29) is 0 Å². The van der Waals surface area contributed by atoms with Gasteiger partial charge in [-0.05, 0) is 12.0 Å². The first-order valence-corrected chi connectivity index (χ1v) is 4.51. The third-order valence-electron chi connectivity index (χ3n) is 1.59. The smallest absolute Gasteiger partial charge is 0.168 e. The molecule has 0 saturated carbocycles. The minimum Gasteiger partial charge on any atom is -0.488 e. The Balaban J connectivity index is 2.78. The van der Waals surface area contributed by atoms with Crippen molar-refractivity contribution in [1.82, 2.24) is 5.32 Å². The maximum atomic E-state index is 5.47. The van der Waals surface area contributed by atoms with Crippen LogP contribution in [0.25, 0.3) is 0 Å². The van der Waals surface area contributed by atoms with Gasteiger partial charge in [-0.2, -0.15) is 0 Å². The van der Waals surface area contributed by atoms with Crippen LogP contribution >= 0.6 is 0 Å². The zero-order valence-electron chi connectivity index (χ0n) is 8.21. The first-order chi connectivity index (χ1) is 6.24. The number of nitrogens with one attached hydrogen (secondary N) is 1. The average Bonchev–Trinajstić information content (AvgIpc) is 2.08. The van der Waals surface area contributed by atoms with Gasteiger partial charge in [0.05, 0.1) is 6.54 Å². The maximum Gasteiger partial charge on any atom is 0.168 e. The van der Waals surface area contributed by atoms with Crippen LogP contribution in [0, 0.1) is 5.92 Å². The second kappa shape index (κ2) is 4.70. The quantitative estimate of drug-likeness (QED) is 0.701. The SMILES string of the molecule is C=C/N=C1/NCCO/C1=C/C(C)C. The van der Waals surface area contributed by atoms with Gasteiger partial charge in [0.15, 0.2) is 11.6 Å². The number of aliphatic imine (C=N–C) groups is 1. The van der Waals surface area contributed by atoms with Crippen LogP contribution in [-0.2, 0) is 4.74 Å². The fourth-order valence-corrected chi connectivity index (χ4v) is 1.12. The summed E-state index contributed by atoms with van der Waals surface area (Å²) in [5, 5.41) is 3.16. The minimum absolute atomic E-state index is 0.463. The lowest BCUT2D eigenvalue weighted by molar-refractivity contribution is 0.217. The molecular formula is C10H16N2O. The first-order valence-electron chi connectivity index (χ1n) is 4.51. The topological polar surface area (TPSA) is 33.6 Å². The van der Waals surface area contributed by atoms with Crippen molar-refractivity contribution < 1.29 is 4.74 Å². The lowest BCUT2D eigenvalue weighted by Gasteiger charge is -2.20. The van der Waals surface area contributed by atoms with E-state index in [1.807, 2.05) is 0 Å². The highest BCUT2D eigenvalue weighted by Gasteiger charge is 2.13. The molecule has 1 heterocycles. The van der Waals surface area contributed by atoms with E-state index in [4.69, 9.17) is 4.74 Å². The van der Waals surface area contributed by atoms with E-state index in [9.17, 15) is 0 Å². The molecule has 72 valence electrons. The fourth-order valence-electron chi connectivity index (χ4n) is 1.12. The molecule has 3 nitrogen and oxygen atoms in total. The third-order valence-corrected chi connectivity index (χ3v) is 1.59. The number of ether oxygens (including phenoxy) is 1. The van der Waals surface area contributed by atoms with E-state index >= 15 is 0 Å². The summed E-state index contributed by atoms with van der Waals surface area (Å²) < 4.78 is 5.47. The fraction of sp³-hybridized carbons (Fsp3) is 0.500. The third kappa shape index (κ3) is 2.93. The summed E-state index contributed by atoms with van der Waals surface area (Å²) in [6.45, 7) is 9.28. The van der Waals surface area contributed by atoms with Crippen LogP contribution < -0.4 is 5.32 Å². The van der Waals surface area contributed by atoms with Gasteiger partial charge >= 0.3 is 0 Å². The largest absolute Gasteiger partial charge is 0.488 e. The molecule has 0 aromatic heterocycles. The second-order valence-corrected chi connectivity index (χ2v) is 3.21. The molecule has 0 radical (unpaired) electrons. The van der Waals surface area contributed by atoms with E-state index in [2.05, 4.69) is 36.8 Å². The van der Waals surface area contributed by atoms with Crippen molar-refractivity contribution in [2.75, 3.05) is 13.2 Å².